The summed E-state index contributed by atoms with van der Waals surface area (Å²) in [6, 6.07) is 13.9. The van der Waals surface area contributed by atoms with E-state index in [-0.39, 0.29) is 11.5 Å². The van der Waals surface area contributed by atoms with Crippen molar-refractivity contribution in [1.82, 2.24) is 19.6 Å². The van der Waals surface area contributed by atoms with Crippen molar-refractivity contribution in [2.45, 2.75) is 38.6 Å². The van der Waals surface area contributed by atoms with Gasteiger partial charge >= 0.3 is 0 Å². The number of amides is 1. The molecular formula is C20H21N5O2. The Morgan fingerprint density at radius 3 is 2.59 bits per heavy atom. The van der Waals surface area contributed by atoms with Crippen molar-refractivity contribution < 1.29 is 4.79 Å². The van der Waals surface area contributed by atoms with Crippen LogP contribution in [-0.4, -0.2) is 25.5 Å². The summed E-state index contributed by atoms with van der Waals surface area (Å²) in [5.74, 6) is 0.658. The van der Waals surface area contributed by atoms with Crippen molar-refractivity contribution in [3.8, 4) is 5.69 Å². The minimum atomic E-state index is -0.726. The first kappa shape index (κ1) is 17.2. The van der Waals surface area contributed by atoms with Crippen LogP contribution in [0.3, 0.4) is 0 Å². The molecule has 1 aliphatic carbocycles. The molecule has 0 bridgehead atoms. The summed E-state index contributed by atoms with van der Waals surface area (Å²) in [5, 5.41) is 11.7. The highest BCUT2D eigenvalue weighted by atomic mass is 16.2. The summed E-state index contributed by atoms with van der Waals surface area (Å²) in [5.41, 5.74) is 2.22. The summed E-state index contributed by atoms with van der Waals surface area (Å²) >= 11 is 0. The molecule has 1 unspecified atom stereocenters. The van der Waals surface area contributed by atoms with E-state index in [9.17, 15) is 9.59 Å². The number of rotatable bonds is 5. The van der Waals surface area contributed by atoms with Crippen LogP contribution >= 0.6 is 0 Å². The van der Waals surface area contributed by atoms with Gasteiger partial charge in [-0.05, 0) is 44.9 Å². The number of carbonyl (C=O) groups excluding carboxylic acids is 1. The van der Waals surface area contributed by atoms with Gasteiger partial charge in [0, 0.05) is 18.1 Å². The van der Waals surface area contributed by atoms with Gasteiger partial charge in [-0.15, -0.1) is 0 Å². The van der Waals surface area contributed by atoms with Gasteiger partial charge in [0.05, 0.1) is 17.1 Å². The van der Waals surface area contributed by atoms with E-state index in [4.69, 9.17) is 0 Å². The van der Waals surface area contributed by atoms with Crippen LogP contribution in [0.4, 0.5) is 5.82 Å². The third-order valence-corrected chi connectivity index (χ3v) is 4.67. The summed E-state index contributed by atoms with van der Waals surface area (Å²) in [4.78, 5) is 25.0. The zero-order valence-corrected chi connectivity index (χ0v) is 15.3. The van der Waals surface area contributed by atoms with Gasteiger partial charge in [0.1, 0.15) is 11.9 Å². The van der Waals surface area contributed by atoms with E-state index < -0.39 is 6.04 Å². The fourth-order valence-electron chi connectivity index (χ4n) is 3.01. The molecular weight excluding hydrogens is 342 g/mol. The lowest BCUT2D eigenvalue weighted by molar-refractivity contribution is -0.119. The number of nitrogens with one attached hydrogen (secondary N) is 1. The normalized spacial score (nSPS) is 14.7. The number of benzene rings is 1. The maximum atomic E-state index is 12.8. The number of nitrogens with zero attached hydrogens (tertiary/aromatic N) is 4. The molecule has 3 aromatic rings. The highest BCUT2D eigenvalue weighted by Gasteiger charge is 2.27. The number of carbonyl (C=O) groups is 1. The zero-order chi connectivity index (χ0) is 19.0. The summed E-state index contributed by atoms with van der Waals surface area (Å²) in [7, 11) is 0. The fraction of sp³-hybridized carbons (Fsp3) is 0.300. The van der Waals surface area contributed by atoms with Crippen molar-refractivity contribution in [3.63, 3.8) is 0 Å². The molecule has 7 nitrogen and oxygen atoms in total. The fourth-order valence-corrected chi connectivity index (χ4v) is 3.01. The quantitative estimate of drug-likeness (QED) is 0.756. The highest BCUT2D eigenvalue weighted by Crippen LogP contribution is 2.38. The molecule has 0 spiro atoms. The Morgan fingerprint density at radius 1 is 1.15 bits per heavy atom. The van der Waals surface area contributed by atoms with Crippen molar-refractivity contribution in [2.24, 2.45) is 0 Å². The first-order valence-corrected chi connectivity index (χ1v) is 9.05. The Morgan fingerprint density at radius 2 is 1.89 bits per heavy atom. The van der Waals surface area contributed by atoms with Gasteiger partial charge in [-0.3, -0.25) is 9.59 Å². The summed E-state index contributed by atoms with van der Waals surface area (Å²) < 4.78 is 2.94. The first-order chi connectivity index (χ1) is 13.0. The lowest BCUT2D eigenvalue weighted by Gasteiger charge is -2.15. The molecule has 1 aromatic carbocycles. The number of aryl methyl sites for hydroxylation is 1. The molecule has 7 heteroatoms. The molecule has 1 amide bonds. The SMILES string of the molecule is Cc1cc(NC(=O)C(C)n2nc(C3CC3)ccc2=O)n(-c2ccccc2)n1. The van der Waals surface area contributed by atoms with Crippen LogP contribution in [0, 0.1) is 6.92 Å². The second-order valence-corrected chi connectivity index (χ2v) is 6.90. The van der Waals surface area contributed by atoms with Crippen LogP contribution in [-0.2, 0) is 4.79 Å². The lowest BCUT2D eigenvalue weighted by atomic mass is 10.2. The Hall–Kier alpha value is -3.22. The van der Waals surface area contributed by atoms with Gasteiger partial charge in [0.25, 0.3) is 5.56 Å². The molecule has 4 rings (SSSR count). The minimum absolute atomic E-state index is 0.283. The van der Waals surface area contributed by atoms with E-state index in [0.717, 1.165) is 29.9 Å². The maximum absolute atomic E-state index is 12.8. The van der Waals surface area contributed by atoms with Crippen LogP contribution in [0.5, 0.6) is 0 Å². The molecule has 0 radical (unpaired) electrons. The topological polar surface area (TPSA) is 81.8 Å². The highest BCUT2D eigenvalue weighted by molar-refractivity contribution is 5.93. The lowest BCUT2D eigenvalue weighted by Crippen LogP contribution is -2.34. The van der Waals surface area contributed by atoms with Crippen LogP contribution in [0.1, 0.15) is 43.1 Å². The monoisotopic (exact) mass is 363 g/mol. The molecule has 27 heavy (non-hydrogen) atoms. The van der Waals surface area contributed by atoms with Crippen LogP contribution in [0.25, 0.3) is 5.69 Å². The van der Waals surface area contributed by atoms with Gasteiger partial charge in [-0.2, -0.15) is 10.2 Å². The van der Waals surface area contributed by atoms with Gasteiger partial charge in [0.2, 0.25) is 5.91 Å². The molecule has 0 saturated heterocycles. The van der Waals surface area contributed by atoms with Crippen molar-refractivity contribution in [1.29, 1.82) is 0 Å². The predicted octanol–water partition coefficient (Wildman–Crippen LogP) is 2.81. The largest absolute Gasteiger partial charge is 0.309 e. The van der Waals surface area contributed by atoms with Crippen molar-refractivity contribution in [2.75, 3.05) is 5.32 Å². The van der Waals surface area contributed by atoms with E-state index in [1.807, 2.05) is 37.3 Å². The molecule has 1 fully saturated rings. The van der Waals surface area contributed by atoms with Gasteiger partial charge in [0.15, 0.2) is 0 Å². The van der Waals surface area contributed by atoms with E-state index >= 15 is 0 Å². The average molecular weight is 363 g/mol. The van der Waals surface area contributed by atoms with Gasteiger partial charge in [-0.1, -0.05) is 18.2 Å². The van der Waals surface area contributed by atoms with E-state index in [2.05, 4.69) is 15.5 Å². The van der Waals surface area contributed by atoms with E-state index in [1.54, 1.807) is 23.7 Å². The first-order valence-electron chi connectivity index (χ1n) is 9.05. The van der Waals surface area contributed by atoms with Crippen LogP contribution < -0.4 is 10.9 Å². The number of hydrogen-bond donors (Lipinski definition) is 1. The zero-order valence-electron chi connectivity index (χ0n) is 15.3. The number of aromatic nitrogens is 4. The van der Waals surface area contributed by atoms with Crippen LogP contribution in [0.2, 0.25) is 0 Å². The number of hydrogen-bond acceptors (Lipinski definition) is 4. The van der Waals surface area contributed by atoms with Crippen LogP contribution in [0.15, 0.2) is 53.3 Å². The van der Waals surface area contributed by atoms with Crippen molar-refractivity contribution in [3.05, 3.63) is 70.3 Å². The number of para-hydroxylation sites is 1. The predicted molar refractivity (Wildman–Crippen MR) is 102 cm³/mol. The molecule has 0 aliphatic heterocycles. The number of anilines is 1. The molecule has 1 saturated carbocycles. The summed E-state index contributed by atoms with van der Waals surface area (Å²) in [6.45, 7) is 3.54. The molecule has 2 aromatic heterocycles. The third-order valence-electron chi connectivity index (χ3n) is 4.67. The maximum Gasteiger partial charge on any atom is 0.267 e. The Kier molecular flexibility index (Phi) is 4.35. The summed E-state index contributed by atoms with van der Waals surface area (Å²) in [6.07, 6.45) is 2.17. The third kappa shape index (κ3) is 3.53. The van der Waals surface area contributed by atoms with E-state index in [0.29, 0.717) is 11.7 Å². The standard InChI is InChI=1S/C20H21N5O2/c1-13-12-18(25(22-13)16-6-4-3-5-7-16)21-20(27)14(2)24-19(26)11-10-17(23-24)15-8-9-15/h3-7,10-12,14-15H,8-9H2,1-2H3,(H,21,27). The smallest absolute Gasteiger partial charge is 0.267 e. The average Bonchev–Trinajstić information content (AvgIpc) is 3.45. The second-order valence-electron chi connectivity index (χ2n) is 6.90. The Labute approximate surface area is 156 Å². The Bertz CT molecular complexity index is 1030. The molecule has 1 aliphatic rings. The molecule has 1 N–H and O–H groups in total. The van der Waals surface area contributed by atoms with Gasteiger partial charge < -0.3 is 5.32 Å². The molecule has 2 heterocycles. The molecule has 138 valence electrons. The van der Waals surface area contributed by atoms with Crippen molar-refractivity contribution >= 4 is 11.7 Å². The Balaban J connectivity index is 1.60. The molecule has 1 atom stereocenters. The second kappa shape index (κ2) is 6.83. The van der Waals surface area contributed by atoms with Gasteiger partial charge in [-0.25, -0.2) is 9.36 Å². The minimum Gasteiger partial charge on any atom is -0.309 e. The van der Waals surface area contributed by atoms with E-state index in [1.165, 1.54) is 10.7 Å².